The first-order chi connectivity index (χ1) is 8.62. The van der Waals surface area contributed by atoms with Crippen molar-refractivity contribution in [1.29, 1.82) is 0 Å². The average Bonchev–Trinajstić information content (AvgIpc) is 2.39. The lowest BCUT2D eigenvalue weighted by molar-refractivity contribution is -0.0241. The van der Waals surface area contributed by atoms with E-state index >= 15 is 0 Å². The second kappa shape index (κ2) is 7.78. The Morgan fingerprint density at radius 2 is 2.06 bits per heavy atom. The number of rotatable bonds is 7. The van der Waals surface area contributed by atoms with Crippen molar-refractivity contribution in [3.63, 3.8) is 0 Å². The molecule has 3 heteroatoms. The molecule has 1 aliphatic rings. The highest BCUT2D eigenvalue weighted by atomic mass is 16.5. The molecule has 0 amide bonds. The zero-order chi connectivity index (χ0) is 13.4. The summed E-state index contributed by atoms with van der Waals surface area (Å²) in [5, 5.41) is 3.66. The number of morpholine rings is 1. The van der Waals surface area contributed by atoms with Gasteiger partial charge in [0.25, 0.3) is 0 Å². The monoisotopic (exact) mass is 252 g/mol. The Hall–Kier alpha value is -0.560. The molecule has 1 aliphatic heterocycles. The number of ether oxygens (including phenoxy) is 1. The molecule has 0 bridgehead atoms. The average molecular weight is 252 g/mol. The molecule has 1 N–H and O–H groups in total. The standard InChI is InChI=1S/C15H28N2O/c1-5-7-8-14(16-9-6-2)15(3,4)17-10-12-18-13-11-17/h1,14,16H,6-13H2,2-4H3. The Bertz CT molecular complexity index is 264. The maximum atomic E-state index is 5.44. The summed E-state index contributed by atoms with van der Waals surface area (Å²) in [5.41, 5.74) is 0.135. The SMILES string of the molecule is C#CCCC(NCCC)C(C)(C)N1CCOCC1. The van der Waals surface area contributed by atoms with Crippen molar-refractivity contribution in [1.82, 2.24) is 10.2 Å². The Morgan fingerprint density at radius 3 is 2.61 bits per heavy atom. The van der Waals surface area contributed by atoms with Gasteiger partial charge in [-0.3, -0.25) is 4.90 Å². The van der Waals surface area contributed by atoms with Crippen LogP contribution in [0.25, 0.3) is 0 Å². The second-order valence-electron chi connectivity index (χ2n) is 5.50. The van der Waals surface area contributed by atoms with Crippen molar-refractivity contribution in [2.45, 2.75) is 51.6 Å². The van der Waals surface area contributed by atoms with E-state index in [-0.39, 0.29) is 5.54 Å². The molecule has 1 saturated heterocycles. The molecular weight excluding hydrogens is 224 g/mol. The molecule has 104 valence electrons. The Morgan fingerprint density at radius 1 is 1.39 bits per heavy atom. The van der Waals surface area contributed by atoms with E-state index in [9.17, 15) is 0 Å². The number of nitrogens with zero attached hydrogens (tertiary/aromatic N) is 1. The van der Waals surface area contributed by atoms with Gasteiger partial charge in [-0.25, -0.2) is 0 Å². The molecule has 0 aromatic heterocycles. The van der Waals surface area contributed by atoms with Crippen molar-refractivity contribution < 1.29 is 4.74 Å². The van der Waals surface area contributed by atoms with Crippen LogP contribution in [0, 0.1) is 12.3 Å². The lowest BCUT2D eigenvalue weighted by Crippen LogP contribution is -2.60. The third-order valence-electron chi connectivity index (χ3n) is 3.90. The van der Waals surface area contributed by atoms with Crippen LogP contribution in [0.15, 0.2) is 0 Å². The molecule has 0 aromatic carbocycles. The van der Waals surface area contributed by atoms with E-state index in [1.54, 1.807) is 0 Å². The third-order valence-corrected chi connectivity index (χ3v) is 3.90. The third kappa shape index (κ3) is 4.28. The van der Waals surface area contributed by atoms with Crippen LogP contribution in [0.4, 0.5) is 0 Å². The van der Waals surface area contributed by atoms with Crippen LogP contribution < -0.4 is 5.32 Å². The van der Waals surface area contributed by atoms with Gasteiger partial charge in [-0.1, -0.05) is 6.92 Å². The number of hydrogen-bond acceptors (Lipinski definition) is 3. The quantitative estimate of drug-likeness (QED) is 0.700. The fourth-order valence-electron chi connectivity index (χ4n) is 2.61. The second-order valence-corrected chi connectivity index (χ2v) is 5.50. The normalized spacial score (nSPS) is 19.4. The van der Waals surface area contributed by atoms with Gasteiger partial charge in [0, 0.05) is 31.1 Å². The van der Waals surface area contributed by atoms with Gasteiger partial charge in [0.05, 0.1) is 13.2 Å². The number of hydrogen-bond donors (Lipinski definition) is 1. The summed E-state index contributed by atoms with van der Waals surface area (Å²) < 4.78 is 5.44. The van der Waals surface area contributed by atoms with Crippen LogP contribution in [0.1, 0.15) is 40.0 Å². The molecule has 1 rings (SSSR count). The first-order valence-electron chi connectivity index (χ1n) is 7.12. The van der Waals surface area contributed by atoms with Gasteiger partial charge in [-0.05, 0) is 33.2 Å². The molecule has 3 nitrogen and oxygen atoms in total. The van der Waals surface area contributed by atoms with E-state index < -0.39 is 0 Å². The molecule has 0 saturated carbocycles. The molecular formula is C15H28N2O. The molecule has 0 spiro atoms. The maximum Gasteiger partial charge on any atom is 0.0594 e. The molecule has 0 radical (unpaired) electrons. The summed E-state index contributed by atoms with van der Waals surface area (Å²) in [6.07, 6.45) is 8.46. The fraction of sp³-hybridized carbons (Fsp3) is 0.867. The van der Waals surface area contributed by atoms with E-state index in [0.29, 0.717) is 6.04 Å². The minimum atomic E-state index is 0.135. The van der Waals surface area contributed by atoms with Crippen molar-refractivity contribution >= 4 is 0 Å². The Kier molecular flexibility index (Phi) is 6.70. The lowest BCUT2D eigenvalue weighted by Gasteiger charge is -2.46. The predicted molar refractivity (Wildman–Crippen MR) is 76.6 cm³/mol. The lowest BCUT2D eigenvalue weighted by atomic mass is 9.88. The summed E-state index contributed by atoms with van der Waals surface area (Å²) in [7, 11) is 0. The fourth-order valence-corrected chi connectivity index (χ4v) is 2.61. The first-order valence-corrected chi connectivity index (χ1v) is 7.12. The smallest absolute Gasteiger partial charge is 0.0594 e. The van der Waals surface area contributed by atoms with Crippen LogP contribution >= 0.6 is 0 Å². The summed E-state index contributed by atoms with van der Waals surface area (Å²) in [6.45, 7) is 11.6. The summed E-state index contributed by atoms with van der Waals surface area (Å²) >= 11 is 0. The van der Waals surface area contributed by atoms with Crippen LogP contribution in [-0.2, 0) is 4.74 Å². The molecule has 0 aromatic rings. The van der Waals surface area contributed by atoms with Crippen LogP contribution in [0.5, 0.6) is 0 Å². The van der Waals surface area contributed by atoms with Crippen molar-refractivity contribution in [3.05, 3.63) is 0 Å². The van der Waals surface area contributed by atoms with Crippen molar-refractivity contribution in [2.24, 2.45) is 0 Å². The van der Waals surface area contributed by atoms with E-state index in [4.69, 9.17) is 11.2 Å². The van der Waals surface area contributed by atoms with Gasteiger partial charge in [-0.15, -0.1) is 12.3 Å². The largest absolute Gasteiger partial charge is 0.379 e. The molecule has 18 heavy (non-hydrogen) atoms. The molecule has 1 unspecified atom stereocenters. The summed E-state index contributed by atoms with van der Waals surface area (Å²) in [5.74, 6) is 2.77. The van der Waals surface area contributed by atoms with Gasteiger partial charge in [0.1, 0.15) is 0 Å². The maximum absolute atomic E-state index is 5.44. The molecule has 1 atom stereocenters. The van der Waals surface area contributed by atoms with E-state index in [1.165, 1.54) is 0 Å². The van der Waals surface area contributed by atoms with Gasteiger partial charge >= 0.3 is 0 Å². The van der Waals surface area contributed by atoms with E-state index in [1.807, 2.05) is 0 Å². The molecule has 0 aliphatic carbocycles. The van der Waals surface area contributed by atoms with Crippen molar-refractivity contribution in [3.8, 4) is 12.3 Å². The zero-order valence-corrected chi connectivity index (χ0v) is 12.2. The van der Waals surface area contributed by atoms with Gasteiger partial charge < -0.3 is 10.1 Å². The zero-order valence-electron chi connectivity index (χ0n) is 12.2. The van der Waals surface area contributed by atoms with Gasteiger partial charge in [0.2, 0.25) is 0 Å². The summed E-state index contributed by atoms with van der Waals surface area (Å²) in [4.78, 5) is 2.53. The van der Waals surface area contributed by atoms with Gasteiger partial charge in [-0.2, -0.15) is 0 Å². The Balaban J connectivity index is 2.63. The highest BCUT2D eigenvalue weighted by Crippen LogP contribution is 2.23. The summed E-state index contributed by atoms with van der Waals surface area (Å²) in [6, 6.07) is 0.451. The number of nitrogens with one attached hydrogen (secondary N) is 1. The van der Waals surface area contributed by atoms with Crippen LogP contribution in [0.2, 0.25) is 0 Å². The van der Waals surface area contributed by atoms with Crippen molar-refractivity contribution in [2.75, 3.05) is 32.8 Å². The van der Waals surface area contributed by atoms with E-state index in [2.05, 4.69) is 36.9 Å². The molecule has 1 heterocycles. The first kappa shape index (κ1) is 15.5. The highest BCUT2D eigenvalue weighted by Gasteiger charge is 2.35. The van der Waals surface area contributed by atoms with Crippen LogP contribution in [0.3, 0.4) is 0 Å². The topological polar surface area (TPSA) is 24.5 Å². The molecule has 1 fully saturated rings. The van der Waals surface area contributed by atoms with Crippen LogP contribution in [-0.4, -0.2) is 49.3 Å². The Labute approximate surface area is 112 Å². The van der Waals surface area contributed by atoms with Gasteiger partial charge in [0.15, 0.2) is 0 Å². The minimum absolute atomic E-state index is 0.135. The predicted octanol–water partition coefficient (Wildman–Crippen LogP) is 1.88. The minimum Gasteiger partial charge on any atom is -0.379 e. The van der Waals surface area contributed by atoms with E-state index in [0.717, 1.165) is 52.1 Å². The number of terminal acetylenes is 1. The highest BCUT2D eigenvalue weighted by molar-refractivity contribution is 4.97.